The van der Waals surface area contributed by atoms with Crippen LogP contribution in [0.2, 0.25) is 0 Å². The second-order valence-electron chi connectivity index (χ2n) is 3.08. The lowest BCUT2D eigenvalue weighted by Gasteiger charge is -2.00. The van der Waals surface area contributed by atoms with E-state index in [4.69, 9.17) is 4.74 Å². The molecule has 0 bridgehead atoms. The third-order valence-electron chi connectivity index (χ3n) is 2.19. The molecule has 94 valence electrons. The summed E-state index contributed by atoms with van der Waals surface area (Å²) in [7, 11) is 0. The fraction of sp³-hybridized carbons (Fsp3) is 0.417. The number of rotatable bonds is 1. The number of hydrogen-bond acceptors (Lipinski definition) is 4. The largest absolute Gasteiger partial charge is 0.454 e. The molecule has 0 saturated carbocycles. The van der Waals surface area contributed by atoms with E-state index in [1.165, 1.54) is 12.1 Å². The Morgan fingerprint density at radius 1 is 1.35 bits per heavy atom. The third kappa shape index (κ3) is 2.81. The Kier molecular flexibility index (Phi) is 5.31. The lowest BCUT2D eigenvalue weighted by molar-refractivity contribution is -0.384. The molecular weight excluding hydrogens is 222 g/mol. The maximum Gasteiger partial charge on any atom is 0.339 e. The molecule has 0 aliphatic carbocycles. The first-order valence-corrected chi connectivity index (χ1v) is 5.09. The highest BCUT2D eigenvalue weighted by Crippen LogP contribution is 2.32. The summed E-state index contributed by atoms with van der Waals surface area (Å²) in [6, 6.07) is 4.18. The summed E-state index contributed by atoms with van der Waals surface area (Å²) in [6.45, 7) is 5.73. The standard InChI is InChI=1S/C9H7NO4.C2H6.CH4/c1-5-7-3-2-6(10(12)13)4-8(7)9(11)14-5;1-2;/h2-5H,1H3;1-2H3;1H4. The van der Waals surface area contributed by atoms with Crippen LogP contribution < -0.4 is 0 Å². The van der Waals surface area contributed by atoms with Crippen LogP contribution in [0.4, 0.5) is 5.69 Å². The molecule has 17 heavy (non-hydrogen) atoms. The number of benzene rings is 1. The van der Waals surface area contributed by atoms with Gasteiger partial charge in [0.05, 0.1) is 10.5 Å². The van der Waals surface area contributed by atoms with Crippen molar-refractivity contribution >= 4 is 11.7 Å². The summed E-state index contributed by atoms with van der Waals surface area (Å²) < 4.78 is 4.90. The highest BCUT2D eigenvalue weighted by atomic mass is 16.6. The summed E-state index contributed by atoms with van der Waals surface area (Å²) in [5, 5.41) is 10.4. The van der Waals surface area contributed by atoms with Crippen LogP contribution in [0, 0.1) is 10.1 Å². The minimum atomic E-state index is -0.531. The van der Waals surface area contributed by atoms with E-state index in [-0.39, 0.29) is 19.2 Å². The van der Waals surface area contributed by atoms with Crippen LogP contribution in [-0.4, -0.2) is 10.9 Å². The van der Waals surface area contributed by atoms with E-state index in [9.17, 15) is 14.9 Å². The van der Waals surface area contributed by atoms with Gasteiger partial charge in [-0.05, 0) is 13.0 Å². The van der Waals surface area contributed by atoms with Crippen LogP contribution in [0.3, 0.4) is 0 Å². The van der Waals surface area contributed by atoms with Crippen molar-refractivity contribution in [1.29, 1.82) is 0 Å². The van der Waals surface area contributed by atoms with Gasteiger partial charge in [0.15, 0.2) is 0 Å². The van der Waals surface area contributed by atoms with Crippen LogP contribution in [0.25, 0.3) is 0 Å². The van der Waals surface area contributed by atoms with Crippen LogP contribution in [0.15, 0.2) is 18.2 Å². The average molecular weight is 239 g/mol. The second kappa shape index (κ2) is 5.98. The van der Waals surface area contributed by atoms with Gasteiger partial charge in [0.25, 0.3) is 5.69 Å². The van der Waals surface area contributed by atoms with Gasteiger partial charge >= 0.3 is 5.97 Å². The monoisotopic (exact) mass is 239 g/mol. The van der Waals surface area contributed by atoms with Crippen molar-refractivity contribution in [2.24, 2.45) is 0 Å². The molecule has 0 spiro atoms. The number of non-ortho nitro benzene ring substituents is 1. The number of carbonyl (C=O) groups is 1. The number of nitro benzene ring substituents is 1. The number of cyclic esters (lactones) is 1. The summed E-state index contributed by atoms with van der Waals surface area (Å²) >= 11 is 0. The van der Waals surface area contributed by atoms with Crippen molar-refractivity contribution in [2.75, 3.05) is 0 Å². The van der Waals surface area contributed by atoms with E-state index in [1.807, 2.05) is 13.8 Å². The van der Waals surface area contributed by atoms with Crippen LogP contribution in [0.1, 0.15) is 50.2 Å². The number of carbonyl (C=O) groups excluding carboxylic acids is 1. The molecule has 1 atom stereocenters. The SMILES string of the molecule is C.CC.CC1OC(=O)c2cc([N+](=O)[O-])ccc21. The van der Waals surface area contributed by atoms with Crippen molar-refractivity contribution in [3.63, 3.8) is 0 Å². The molecule has 1 aliphatic heterocycles. The van der Waals surface area contributed by atoms with Gasteiger partial charge in [-0.25, -0.2) is 4.79 Å². The molecule has 1 heterocycles. The lowest BCUT2D eigenvalue weighted by Crippen LogP contribution is -1.95. The molecule has 0 amide bonds. The van der Waals surface area contributed by atoms with Gasteiger partial charge in [-0.1, -0.05) is 21.3 Å². The van der Waals surface area contributed by atoms with E-state index in [1.54, 1.807) is 13.0 Å². The van der Waals surface area contributed by atoms with Crippen molar-refractivity contribution < 1.29 is 14.5 Å². The molecule has 0 radical (unpaired) electrons. The van der Waals surface area contributed by atoms with Gasteiger partial charge in [0.1, 0.15) is 6.10 Å². The molecule has 0 N–H and O–H groups in total. The molecular formula is C12H17NO4. The molecule has 2 rings (SSSR count). The summed E-state index contributed by atoms with van der Waals surface area (Å²) in [4.78, 5) is 21.1. The van der Waals surface area contributed by atoms with E-state index >= 15 is 0 Å². The number of nitro groups is 1. The predicted molar refractivity (Wildman–Crippen MR) is 65.0 cm³/mol. The van der Waals surface area contributed by atoms with Crippen molar-refractivity contribution in [2.45, 2.75) is 34.3 Å². The maximum absolute atomic E-state index is 11.2. The normalized spacial score (nSPS) is 15.9. The van der Waals surface area contributed by atoms with E-state index in [0.29, 0.717) is 11.1 Å². The van der Waals surface area contributed by atoms with Crippen molar-refractivity contribution in [3.05, 3.63) is 39.4 Å². The highest BCUT2D eigenvalue weighted by molar-refractivity contribution is 5.94. The molecule has 1 aromatic rings. The van der Waals surface area contributed by atoms with Crippen molar-refractivity contribution in [3.8, 4) is 0 Å². The fourth-order valence-corrected chi connectivity index (χ4v) is 1.48. The molecule has 1 aromatic carbocycles. The van der Waals surface area contributed by atoms with Gasteiger partial charge in [-0.2, -0.15) is 0 Å². The zero-order chi connectivity index (χ0) is 12.3. The topological polar surface area (TPSA) is 69.4 Å². The zero-order valence-electron chi connectivity index (χ0n) is 9.39. The Hall–Kier alpha value is -1.91. The molecule has 1 unspecified atom stereocenters. The first-order chi connectivity index (χ1) is 7.59. The Morgan fingerprint density at radius 2 is 1.94 bits per heavy atom. The third-order valence-corrected chi connectivity index (χ3v) is 2.19. The molecule has 0 fully saturated rings. The van der Waals surface area contributed by atoms with Crippen LogP contribution in [0.5, 0.6) is 0 Å². The average Bonchev–Trinajstić information content (AvgIpc) is 2.57. The summed E-state index contributed by atoms with van der Waals surface area (Å²) in [5.74, 6) is -0.490. The number of fused-ring (bicyclic) bond motifs is 1. The first kappa shape index (κ1) is 15.1. The lowest BCUT2D eigenvalue weighted by atomic mass is 10.1. The number of hydrogen-bond donors (Lipinski definition) is 0. The summed E-state index contributed by atoms with van der Waals surface area (Å²) in [6.07, 6.45) is -0.307. The van der Waals surface area contributed by atoms with Crippen LogP contribution in [-0.2, 0) is 4.74 Å². The van der Waals surface area contributed by atoms with Gasteiger partial charge in [0, 0.05) is 17.7 Å². The minimum Gasteiger partial charge on any atom is -0.454 e. The van der Waals surface area contributed by atoms with E-state index < -0.39 is 10.9 Å². The second-order valence-corrected chi connectivity index (χ2v) is 3.08. The molecule has 1 aliphatic rings. The van der Waals surface area contributed by atoms with E-state index in [2.05, 4.69) is 0 Å². The summed E-state index contributed by atoms with van der Waals surface area (Å²) in [5.41, 5.74) is 0.919. The van der Waals surface area contributed by atoms with Gasteiger partial charge in [-0.15, -0.1) is 0 Å². The van der Waals surface area contributed by atoms with Gasteiger partial charge in [-0.3, -0.25) is 10.1 Å². The molecule has 5 nitrogen and oxygen atoms in total. The maximum atomic E-state index is 11.2. The Balaban J connectivity index is 0.000000811. The van der Waals surface area contributed by atoms with Crippen LogP contribution >= 0.6 is 0 Å². The van der Waals surface area contributed by atoms with Gasteiger partial charge in [0.2, 0.25) is 0 Å². The predicted octanol–water partition coefficient (Wildman–Crippen LogP) is 3.49. The zero-order valence-corrected chi connectivity index (χ0v) is 9.39. The molecule has 0 saturated heterocycles. The van der Waals surface area contributed by atoms with Gasteiger partial charge < -0.3 is 4.74 Å². The Morgan fingerprint density at radius 3 is 2.47 bits per heavy atom. The van der Waals surface area contributed by atoms with Crippen molar-refractivity contribution in [1.82, 2.24) is 0 Å². The van der Waals surface area contributed by atoms with E-state index in [0.717, 1.165) is 0 Å². The fourth-order valence-electron chi connectivity index (χ4n) is 1.48. The first-order valence-electron chi connectivity index (χ1n) is 5.09. The number of nitrogens with zero attached hydrogens (tertiary/aromatic N) is 1. The molecule has 5 heteroatoms. The number of esters is 1. The minimum absolute atomic E-state index is 0. The quantitative estimate of drug-likeness (QED) is 0.427. The Bertz CT molecular complexity index is 429. The molecule has 0 aromatic heterocycles. The smallest absolute Gasteiger partial charge is 0.339 e. The highest BCUT2D eigenvalue weighted by Gasteiger charge is 2.29. The Labute approximate surface area is 101 Å². The number of ether oxygens (including phenoxy) is 1.